The fourth-order valence-corrected chi connectivity index (χ4v) is 1.73. The van der Waals surface area contributed by atoms with Gasteiger partial charge >= 0.3 is 0 Å². The Morgan fingerprint density at radius 3 is 2.78 bits per heavy atom. The Hall–Kier alpha value is -2.04. The van der Waals surface area contributed by atoms with Gasteiger partial charge in [-0.25, -0.2) is 0 Å². The van der Waals surface area contributed by atoms with Gasteiger partial charge in [0.25, 0.3) is 0 Å². The van der Waals surface area contributed by atoms with Crippen molar-refractivity contribution in [3.8, 4) is 11.5 Å². The van der Waals surface area contributed by atoms with E-state index in [0.29, 0.717) is 23.6 Å². The maximum absolute atomic E-state index is 11.9. The van der Waals surface area contributed by atoms with E-state index in [4.69, 9.17) is 9.47 Å². The van der Waals surface area contributed by atoms with Crippen molar-refractivity contribution in [3.63, 3.8) is 0 Å². The van der Waals surface area contributed by atoms with Crippen LogP contribution in [0.5, 0.6) is 11.5 Å². The number of ketones is 1. The summed E-state index contributed by atoms with van der Waals surface area (Å²) in [6.07, 6.45) is 0.409. The molecule has 18 heavy (non-hydrogen) atoms. The van der Waals surface area contributed by atoms with Crippen molar-refractivity contribution in [3.05, 3.63) is 23.8 Å². The van der Waals surface area contributed by atoms with Crippen molar-refractivity contribution in [2.75, 3.05) is 13.3 Å². The van der Waals surface area contributed by atoms with Gasteiger partial charge in [-0.3, -0.25) is 9.59 Å². The number of rotatable bonds is 5. The number of carbonyl (C=O) groups excluding carboxylic acids is 2. The molecule has 0 saturated carbocycles. The van der Waals surface area contributed by atoms with Gasteiger partial charge in [0, 0.05) is 24.9 Å². The summed E-state index contributed by atoms with van der Waals surface area (Å²) in [5, 5.41) is 2.66. The monoisotopic (exact) mass is 249 g/mol. The second-order valence-corrected chi connectivity index (χ2v) is 3.94. The van der Waals surface area contributed by atoms with Crippen LogP contribution in [0.25, 0.3) is 0 Å². The molecule has 5 nitrogen and oxygen atoms in total. The summed E-state index contributed by atoms with van der Waals surface area (Å²) < 4.78 is 10.4. The van der Waals surface area contributed by atoms with Crippen LogP contribution < -0.4 is 14.8 Å². The first-order chi connectivity index (χ1) is 8.70. The van der Waals surface area contributed by atoms with Crippen molar-refractivity contribution in [1.82, 2.24) is 5.32 Å². The Morgan fingerprint density at radius 2 is 2.00 bits per heavy atom. The number of amides is 1. The molecule has 5 heteroatoms. The van der Waals surface area contributed by atoms with Crippen molar-refractivity contribution >= 4 is 11.7 Å². The molecule has 0 aromatic heterocycles. The minimum absolute atomic E-state index is 0.0699. The van der Waals surface area contributed by atoms with Crippen LogP contribution >= 0.6 is 0 Å². The van der Waals surface area contributed by atoms with Gasteiger partial charge in [0.1, 0.15) is 0 Å². The summed E-state index contributed by atoms with van der Waals surface area (Å²) in [6, 6.07) is 5.05. The fourth-order valence-electron chi connectivity index (χ4n) is 1.73. The Labute approximate surface area is 105 Å². The third kappa shape index (κ3) is 2.80. The standard InChI is InChI=1S/C13H15NO4/c1-2-14-13(16)6-4-10(15)9-3-5-11-12(7-9)18-8-17-11/h3,5,7H,2,4,6,8H2,1H3,(H,14,16). The molecule has 1 aliphatic rings. The van der Waals surface area contributed by atoms with E-state index in [1.54, 1.807) is 18.2 Å². The summed E-state index contributed by atoms with van der Waals surface area (Å²) in [7, 11) is 0. The quantitative estimate of drug-likeness (QED) is 0.803. The van der Waals surface area contributed by atoms with E-state index < -0.39 is 0 Å². The lowest BCUT2D eigenvalue weighted by atomic mass is 10.1. The number of ether oxygens (including phenoxy) is 2. The minimum atomic E-state index is -0.105. The highest BCUT2D eigenvalue weighted by Gasteiger charge is 2.16. The lowest BCUT2D eigenvalue weighted by molar-refractivity contribution is -0.120. The lowest BCUT2D eigenvalue weighted by Crippen LogP contribution is -2.23. The zero-order chi connectivity index (χ0) is 13.0. The molecule has 1 aromatic rings. The van der Waals surface area contributed by atoms with Crippen molar-refractivity contribution in [2.24, 2.45) is 0 Å². The summed E-state index contributed by atoms with van der Waals surface area (Å²) >= 11 is 0. The van der Waals surface area contributed by atoms with Crippen LogP contribution in [-0.4, -0.2) is 25.0 Å². The van der Waals surface area contributed by atoms with Gasteiger partial charge in [-0.1, -0.05) is 0 Å². The van der Waals surface area contributed by atoms with Crippen LogP contribution in [0.15, 0.2) is 18.2 Å². The first-order valence-corrected chi connectivity index (χ1v) is 5.90. The van der Waals surface area contributed by atoms with E-state index in [-0.39, 0.29) is 31.3 Å². The largest absolute Gasteiger partial charge is 0.454 e. The fraction of sp³-hybridized carbons (Fsp3) is 0.385. The highest BCUT2D eigenvalue weighted by Crippen LogP contribution is 2.32. The molecule has 96 valence electrons. The molecule has 0 radical (unpaired) electrons. The van der Waals surface area contributed by atoms with E-state index in [9.17, 15) is 9.59 Å². The molecule has 0 unspecified atom stereocenters. The zero-order valence-electron chi connectivity index (χ0n) is 10.2. The molecule has 1 aromatic carbocycles. The van der Waals surface area contributed by atoms with Crippen LogP contribution in [0.4, 0.5) is 0 Å². The van der Waals surface area contributed by atoms with Crippen LogP contribution in [0, 0.1) is 0 Å². The minimum Gasteiger partial charge on any atom is -0.454 e. The summed E-state index contributed by atoms with van der Waals surface area (Å²) in [5.74, 6) is 1.06. The van der Waals surface area contributed by atoms with E-state index in [1.807, 2.05) is 6.92 Å². The second-order valence-electron chi connectivity index (χ2n) is 3.94. The number of Topliss-reactive ketones (excluding diaryl/α,β-unsaturated/α-hetero) is 1. The Bertz CT molecular complexity index is 470. The highest BCUT2D eigenvalue weighted by molar-refractivity contribution is 5.98. The Kier molecular flexibility index (Phi) is 3.82. The predicted octanol–water partition coefficient (Wildman–Crippen LogP) is 1.51. The zero-order valence-corrected chi connectivity index (χ0v) is 10.2. The smallest absolute Gasteiger partial charge is 0.231 e. The number of hydrogen-bond donors (Lipinski definition) is 1. The molecular weight excluding hydrogens is 234 g/mol. The number of nitrogens with one attached hydrogen (secondary N) is 1. The van der Waals surface area contributed by atoms with Gasteiger partial charge in [-0.2, -0.15) is 0 Å². The molecule has 0 spiro atoms. The van der Waals surface area contributed by atoms with E-state index in [1.165, 1.54) is 0 Å². The molecule has 0 fully saturated rings. The average molecular weight is 249 g/mol. The average Bonchev–Trinajstić information content (AvgIpc) is 2.83. The maximum Gasteiger partial charge on any atom is 0.231 e. The van der Waals surface area contributed by atoms with E-state index in [2.05, 4.69) is 5.32 Å². The Balaban J connectivity index is 1.95. The van der Waals surface area contributed by atoms with Crippen molar-refractivity contribution in [2.45, 2.75) is 19.8 Å². The normalized spacial score (nSPS) is 12.3. The first-order valence-electron chi connectivity index (χ1n) is 5.90. The van der Waals surface area contributed by atoms with Crippen LogP contribution in [0.1, 0.15) is 30.1 Å². The number of fused-ring (bicyclic) bond motifs is 1. The number of carbonyl (C=O) groups is 2. The molecule has 1 aliphatic heterocycles. The van der Waals surface area contributed by atoms with Crippen LogP contribution in [0.2, 0.25) is 0 Å². The van der Waals surface area contributed by atoms with E-state index in [0.717, 1.165) is 0 Å². The SMILES string of the molecule is CCNC(=O)CCC(=O)c1ccc2c(c1)OCO2. The summed E-state index contributed by atoms with van der Waals surface area (Å²) in [4.78, 5) is 23.1. The third-order valence-electron chi connectivity index (χ3n) is 2.65. The molecule has 0 saturated heterocycles. The highest BCUT2D eigenvalue weighted by atomic mass is 16.7. The molecular formula is C13H15NO4. The van der Waals surface area contributed by atoms with Gasteiger partial charge in [0.05, 0.1) is 0 Å². The lowest BCUT2D eigenvalue weighted by Gasteiger charge is -2.03. The summed E-state index contributed by atoms with van der Waals surface area (Å²) in [5.41, 5.74) is 0.545. The molecule has 1 amide bonds. The van der Waals surface area contributed by atoms with Gasteiger partial charge in [-0.15, -0.1) is 0 Å². The van der Waals surface area contributed by atoms with Gasteiger partial charge in [-0.05, 0) is 25.1 Å². The van der Waals surface area contributed by atoms with E-state index >= 15 is 0 Å². The number of hydrogen-bond acceptors (Lipinski definition) is 4. The third-order valence-corrected chi connectivity index (χ3v) is 2.65. The van der Waals surface area contributed by atoms with Gasteiger partial charge < -0.3 is 14.8 Å². The Morgan fingerprint density at radius 1 is 1.22 bits per heavy atom. The van der Waals surface area contributed by atoms with Crippen LogP contribution in [-0.2, 0) is 4.79 Å². The van der Waals surface area contributed by atoms with Crippen molar-refractivity contribution < 1.29 is 19.1 Å². The van der Waals surface area contributed by atoms with Crippen molar-refractivity contribution in [1.29, 1.82) is 0 Å². The molecule has 0 atom stereocenters. The molecule has 1 heterocycles. The second kappa shape index (κ2) is 5.53. The predicted molar refractivity (Wildman–Crippen MR) is 64.8 cm³/mol. The van der Waals surface area contributed by atoms with Gasteiger partial charge in [0.15, 0.2) is 17.3 Å². The topological polar surface area (TPSA) is 64.6 Å². The molecule has 2 rings (SSSR count). The van der Waals surface area contributed by atoms with Gasteiger partial charge in [0.2, 0.25) is 12.7 Å². The molecule has 0 bridgehead atoms. The number of benzene rings is 1. The molecule has 1 N–H and O–H groups in total. The maximum atomic E-state index is 11.9. The molecule has 0 aliphatic carbocycles. The summed E-state index contributed by atoms with van der Waals surface area (Å²) in [6.45, 7) is 2.61. The van der Waals surface area contributed by atoms with Crippen LogP contribution in [0.3, 0.4) is 0 Å². The first kappa shape index (κ1) is 12.4.